The van der Waals surface area contributed by atoms with E-state index in [0.717, 1.165) is 0 Å². The summed E-state index contributed by atoms with van der Waals surface area (Å²) in [5.41, 5.74) is -0.319. The number of carbonyl (C=O) groups excluding carboxylic acids is 3. The molecule has 4 N–H and O–H groups in total. The van der Waals surface area contributed by atoms with Crippen molar-refractivity contribution in [3.8, 4) is 0 Å². The van der Waals surface area contributed by atoms with Gasteiger partial charge in [0.2, 0.25) is 11.8 Å². The van der Waals surface area contributed by atoms with Crippen molar-refractivity contribution in [1.82, 2.24) is 0 Å². The number of carbonyl (C=O) groups is 5. The summed E-state index contributed by atoms with van der Waals surface area (Å²) in [5.74, 6) is -4.12. The maximum atomic E-state index is 12.8. The van der Waals surface area contributed by atoms with E-state index in [0.29, 0.717) is 0 Å². The van der Waals surface area contributed by atoms with Gasteiger partial charge < -0.3 is 20.8 Å². The number of rotatable bonds is 6. The molecule has 2 rings (SSSR count). The van der Waals surface area contributed by atoms with Gasteiger partial charge in [0.25, 0.3) is 0 Å². The average molecular weight is 384 g/mol. The minimum atomic E-state index is -1.28. The van der Waals surface area contributed by atoms with Crippen molar-refractivity contribution in [2.24, 2.45) is 0 Å². The molecule has 0 unspecified atom stereocenters. The monoisotopic (exact) mass is 384 g/mol. The third-order valence-electron chi connectivity index (χ3n) is 3.65. The Bertz CT molecular complexity index is 932. The molecule has 0 aliphatic heterocycles. The number of hydrogen-bond donors (Lipinski definition) is 4. The molecule has 0 bridgehead atoms. The summed E-state index contributed by atoms with van der Waals surface area (Å²) in [5, 5.41) is 23.1. The Balaban J connectivity index is 2.50. The fraction of sp³-hybridized carbons (Fsp3) is 0.105. The molecule has 9 heteroatoms. The molecular formula is C19H16N2O7. The number of carboxylic acid groups (broad SMARTS) is 2. The molecule has 0 aliphatic rings. The van der Waals surface area contributed by atoms with Crippen molar-refractivity contribution in [2.45, 2.75) is 13.8 Å². The van der Waals surface area contributed by atoms with E-state index in [-0.39, 0.29) is 33.6 Å². The molecule has 0 spiro atoms. The molecule has 0 aliphatic carbocycles. The maximum Gasteiger partial charge on any atom is 0.337 e. The molecule has 0 saturated heterocycles. The standard InChI is InChI=1S/C19H16N2O7/c1-9(22)20-15-7-11(3-5-13(15)18(25)26)17(24)12-4-6-14(19(27)28)16(8-12)21-10(2)23/h3-8H,1-2H3,(H,20,22)(H,21,23)(H,25,26)(H,27,28). The van der Waals surface area contributed by atoms with E-state index in [1.807, 2.05) is 0 Å². The van der Waals surface area contributed by atoms with Gasteiger partial charge in [0.05, 0.1) is 22.5 Å². The van der Waals surface area contributed by atoms with Crippen LogP contribution in [0, 0.1) is 0 Å². The Hall–Kier alpha value is -4.01. The van der Waals surface area contributed by atoms with Crippen molar-refractivity contribution >= 4 is 40.9 Å². The Morgan fingerprint density at radius 2 is 1.04 bits per heavy atom. The van der Waals surface area contributed by atoms with Crippen LogP contribution in [0.1, 0.15) is 50.5 Å². The zero-order valence-electron chi connectivity index (χ0n) is 14.9. The van der Waals surface area contributed by atoms with E-state index >= 15 is 0 Å². The van der Waals surface area contributed by atoms with E-state index in [1.54, 1.807) is 0 Å². The molecule has 0 aromatic heterocycles. The van der Waals surface area contributed by atoms with Gasteiger partial charge in [-0.1, -0.05) is 12.1 Å². The quantitative estimate of drug-likeness (QED) is 0.558. The summed E-state index contributed by atoms with van der Waals surface area (Å²) in [6.45, 7) is 2.40. The first-order chi connectivity index (χ1) is 13.1. The molecular weight excluding hydrogens is 368 g/mol. The second kappa shape index (κ2) is 8.12. The Morgan fingerprint density at radius 3 is 1.32 bits per heavy atom. The maximum absolute atomic E-state index is 12.8. The molecule has 0 heterocycles. The zero-order chi connectivity index (χ0) is 21.0. The van der Waals surface area contributed by atoms with Gasteiger partial charge in [0.15, 0.2) is 5.78 Å². The van der Waals surface area contributed by atoms with Gasteiger partial charge in [-0.05, 0) is 24.3 Å². The number of aromatic carboxylic acids is 2. The first-order valence-electron chi connectivity index (χ1n) is 7.94. The van der Waals surface area contributed by atoms with Crippen molar-refractivity contribution < 1.29 is 34.2 Å². The third kappa shape index (κ3) is 4.58. The van der Waals surface area contributed by atoms with Crippen molar-refractivity contribution in [3.05, 3.63) is 58.7 Å². The summed E-state index contributed by atoms with van der Waals surface area (Å²) < 4.78 is 0. The lowest BCUT2D eigenvalue weighted by atomic mass is 9.98. The number of carboxylic acids is 2. The number of benzene rings is 2. The molecule has 2 aromatic rings. The average Bonchev–Trinajstić information content (AvgIpc) is 2.59. The fourth-order valence-electron chi connectivity index (χ4n) is 2.50. The highest BCUT2D eigenvalue weighted by Crippen LogP contribution is 2.23. The largest absolute Gasteiger partial charge is 0.478 e. The summed E-state index contributed by atoms with van der Waals surface area (Å²) in [7, 11) is 0. The van der Waals surface area contributed by atoms with Gasteiger partial charge in [0.1, 0.15) is 0 Å². The number of hydrogen-bond acceptors (Lipinski definition) is 5. The van der Waals surface area contributed by atoms with Gasteiger partial charge in [-0.2, -0.15) is 0 Å². The van der Waals surface area contributed by atoms with Crippen LogP contribution < -0.4 is 10.6 Å². The summed E-state index contributed by atoms with van der Waals surface area (Å²) >= 11 is 0. The predicted molar refractivity (Wildman–Crippen MR) is 98.8 cm³/mol. The van der Waals surface area contributed by atoms with Crippen LogP contribution in [0.3, 0.4) is 0 Å². The first-order valence-corrected chi connectivity index (χ1v) is 7.94. The van der Waals surface area contributed by atoms with Gasteiger partial charge in [0, 0.05) is 25.0 Å². The predicted octanol–water partition coefficient (Wildman–Crippen LogP) is 2.23. The first kappa shape index (κ1) is 20.3. The normalized spacial score (nSPS) is 10.1. The molecule has 0 fully saturated rings. The van der Waals surface area contributed by atoms with Crippen LogP contribution in [0.25, 0.3) is 0 Å². The highest BCUT2D eigenvalue weighted by molar-refractivity contribution is 6.12. The van der Waals surface area contributed by atoms with Crippen LogP contribution in [-0.2, 0) is 9.59 Å². The van der Waals surface area contributed by atoms with E-state index in [9.17, 15) is 34.2 Å². The molecule has 9 nitrogen and oxygen atoms in total. The van der Waals surface area contributed by atoms with Crippen molar-refractivity contribution in [2.75, 3.05) is 10.6 Å². The number of amides is 2. The molecule has 0 radical (unpaired) electrons. The molecule has 2 aromatic carbocycles. The smallest absolute Gasteiger partial charge is 0.337 e. The fourth-order valence-corrected chi connectivity index (χ4v) is 2.50. The van der Waals surface area contributed by atoms with E-state index in [1.165, 1.54) is 50.2 Å². The summed E-state index contributed by atoms with van der Waals surface area (Å²) in [4.78, 5) is 57.9. The van der Waals surface area contributed by atoms with Crippen LogP contribution >= 0.6 is 0 Å². The Labute approximate surface area is 159 Å². The zero-order valence-corrected chi connectivity index (χ0v) is 14.9. The van der Waals surface area contributed by atoms with Crippen molar-refractivity contribution in [1.29, 1.82) is 0 Å². The van der Waals surface area contributed by atoms with Crippen LogP contribution in [0.15, 0.2) is 36.4 Å². The van der Waals surface area contributed by atoms with Crippen LogP contribution in [0.2, 0.25) is 0 Å². The molecule has 0 saturated carbocycles. The van der Waals surface area contributed by atoms with Gasteiger partial charge in [-0.25, -0.2) is 9.59 Å². The Kier molecular flexibility index (Phi) is 5.89. The molecule has 144 valence electrons. The van der Waals surface area contributed by atoms with Crippen LogP contribution in [0.4, 0.5) is 11.4 Å². The van der Waals surface area contributed by atoms with Gasteiger partial charge in [-0.15, -0.1) is 0 Å². The highest BCUT2D eigenvalue weighted by atomic mass is 16.4. The highest BCUT2D eigenvalue weighted by Gasteiger charge is 2.19. The van der Waals surface area contributed by atoms with E-state index in [4.69, 9.17) is 0 Å². The van der Waals surface area contributed by atoms with E-state index < -0.39 is 29.5 Å². The van der Waals surface area contributed by atoms with Crippen LogP contribution in [0.5, 0.6) is 0 Å². The second-order valence-electron chi connectivity index (χ2n) is 5.82. The minimum absolute atomic E-state index is 0.0462. The minimum Gasteiger partial charge on any atom is -0.478 e. The topological polar surface area (TPSA) is 150 Å². The molecule has 2 amide bonds. The summed E-state index contributed by atoms with van der Waals surface area (Å²) in [6, 6.07) is 7.36. The van der Waals surface area contributed by atoms with Crippen LogP contribution in [-0.4, -0.2) is 39.7 Å². The van der Waals surface area contributed by atoms with Gasteiger partial charge >= 0.3 is 11.9 Å². The number of nitrogens with one attached hydrogen (secondary N) is 2. The lowest BCUT2D eigenvalue weighted by Gasteiger charge is -2.11. The number of ketones is 1. The van der Waals surface area contributed by atoms with E-state index in [2.05, 4.69) is 10.6 Å². The SMILES string of the molecule is CC(=O)Nc1cc(C(=O)c2ccc(C(=O)O)c(NC(C)=O)c2)ccc1C(=O)O. The lowest BCUT2D eigenvalue weighted by molar-refractivity contribution is -0.115. The third-order valence-corrected chi connectivity index (χ3v) is 3.65. The number of anilines is 2. The van der Waals surface area contributed by atoms with Gasteiger partial charge in [-0.3, -0.25) is 14.4 Å². The summed E-state index contributed by atoms with van der Waals surface area (Å²) in [6.07, 6.45) is 0. The lowest BCUT2D eigenvalue weighted by Crippen LogP contribution is -2.14. The molecule has 0 atom stereocenters. The Morgan fingerprint density at radius 1 is 0.679 bits per heavy atom. The second-order valence-corrected chi connectivity index (χ2v) is 5.82. The molecule has 28 heavy (non-hydrogen) atoms. The van der Waals surface area contributed by atoms with Crippen molar-refractivity contribution in [3.63, 3.8) is 0 Å².